The predicted octanol–water partition coefficient (Wildman–Crippen LogP) is 3.16. The van der Waals surface area contributed by atoms with Crippen molar-refractivity contribution in [1.82, 2.24) is 20.6 Å². The van der Waals surface area contributed by atoms with Crippen LogP contribution >= 0.6 is 11.6 Å². The number of benzene rings is 2. The van der Waals surface area contributed by atoms with Crippen LogP contribution in [0.1, 0.15) is 20.7 Å². The third-order valence-electron chi connectivity index (χ3n) is 5.04. The van der Waals surface area contributed by atoms with Gasteiger partial charge < -0.3 is 26.2 Å². The summed E-state index contributed by atoms with van der Waals surface area (Å²) in [4.78, 5) is 35.0. The minimum Gasteiger partial charge on any atom is -0.383 e. The van der Waals surface area contributed by atoms with Gasteiger partial charge in [-0.1, -0.05) is 23.7 Å². The molecule has 32 heavy (non-hydrogen) atoms. The van der Waals surface area contributed by atoms with E-state index in [0.717, 1.165) is 11.4 Å². The van der Waals surface area contributed by atoms with Crippen molar-refractivity contribution in [1.29, 1.82) is 0 Å². The molecule has 1 aromatic heterocycles. The summed E-state index contributed by atoms with van der Waals surface area (Å²) in [5.41, 5.74) is 3.17. The van der Waals surface area contributed by atoms with Crippen LogP contribution in [0.25, 0.3) is 0 Å². The van der Waals surface area contributed by atoms with Crippen LogP contribution in [-0.2, 0) is 0 Å². The number of amides is 2. The number of rotatable bonds is 5. The van der Waals surface area contributed by atoms with Gasteiger partial charge in [0.2, 0.25) is 5.95 Å². The highest BCUT2D eigenvalue weighted by Crippen LogP contribution is 2.30. The van der Waals surface area contributed by atoms with Crippen LogP contribution in [0, 0.1) is 0 Å². The molecule has 164 valence electrons. The smallest absolute Gasteiger partial charge is 0.253 e. The summed E-state index contributed by atoms with van der Waals surface area (Å²) < 4.78 is 0. The summed E-state index contributed by atoms with van der Waals surface area (Å²) in [5, 5.41) is 12.2. The van der Waals surface area contributed by atoms with Gasteiger partial charge in [-0.2, -0.15) is 4.98 Å². The first-order chi connectivity index (χ1) is 15.5. The molecule has 2 heterocycles. The molecule has 0 bridgehead atoms. The lowest BCUT2D eigenvalue weighted by atomic mass is 10.1. The summed E-state index contributed by atoms with van der Waals surface area (Å²) in [5.74, 6) is 0.430. The van der Waals surface area contributed by atoms with Gasteiger partial charge in [0.1, 0.15) is 5.02 Å². The molecule has 0 unspecified atom stereocenters. The normalized spacial score (nSPS) is 12.7. The second-order valence-electron chi connectivity index (χ2n) is 7.09. The Morgan fingerprint density at radius 2 is 1.94 bits per heavy atom. The molecule has 4 rings (SSSR count). The Hall–Kier alpha value is -3.85. The molecule has 1 aliphatic rings. The maximum atomic E-state index is 12.2. The molecule has 9 nitrogen and oxygen atoms in total. The summed E-state index contributed by atoms with van der Waals surface area (Å²) in [6.07, 6.45) is 1.50. The molecule has 2 amide bonds. The van der Waals surface area contributed by atoms with E-state index < -0.39 is 0 Å². The maximum absolute atomic E-state index is 12.2. The number of carbonyl (C=O) groups is 2. The standard InChI is InChI=1S/C22H22ClN7O2/c1-24-20(31)14-5-3-4-6-17(14)28-19-16(23)12-27-22(29-19)30(2)13-7-8-15-18(11-13)25-9-10-26-21(15)32/h3-8,11-12,25H,9-10H2,1-2H3,(H,24,31)(H,26,32)(H,27,28,29). The fraction of sp³-hybridized carbons (Fsp3) is 0.182. The van der Waals surface area contributed by atoms with Crippen LogP contribution in [-0.4, -0.2) is 49.0 Å². The van der Waals surface area contributed by atoms with Crippen LogP contribution in [0.15, 0.2) is 48.7 Å². The highest BCUT2D eigenvalue weighted by molar-refractivity contribution is 6.33. The third-order valence-corrected chi connectivity index (χ3v) is 5.32. The number of hydrogen-bond acceptors (Lipinski definition) is 7. The van der Waals surface area contributed by atoms with Crippen molar-refractivity contribution >= 4 is 52.2 Å². The topological polar surface area (TPSA) is 111 Å². The Kier molecular flexibility index (Phi) is 6.09. The number of aromatic nitrogens is 2. The van der Waals surface area contributed by atoms with Gasteiger partial charge in [-0.25, -0.2) is 4.98 Å². The molecule has 4 N–H and O–H groups in total. The van der Waals surface area contributed by atoms with Gasteiger partial charge in [0.05, 0.1) is 23.0 Å². The van der Waals surface area contributed by atoms with E-state index in [9.17, 15) is 9.59 Å². The molecule has 1 aliphatic heterocycles. The van der Waals surface area contributed by atoms with Gasteiger partial charge in [0.15, 0.2) is 5.82 Å². The summed E-state index contributed by atoms with van der Waals surface area (Å²) in [7, 11) is 3.40. The van der Waals surface area contributed by atoms with Crippen molar-refractivity contribution in [2.24, 2.45) is 0 Å². The Labute approximate surface area is 190 Å². The van der Waals surface area contributed by atoms with E-state index in [-0.39, 0.29) is 11.8 Å². The van der Waals surface area contributed by atoms with Gasteiger partial charge >= 0.3 is 0 Å². The second-order valence-corrected chi connectivity index (χ2v) is 7.50. The van der Waals surface area contributed by atoms with Crippen molar-refractivity contribution < 1.29 is 9.59 Å². The Bertz CT molecular complexity index is 1180. The largest absolute Gasteiger partial charge is 0.383 e. The molecule has 3 aromatic rings. The first-order valence-electron chi connectivity index (χ1n) is 9.98. The van der Waals surface area contributed by atoms with Crippen LogP contribution in [0.4, 0.5) is 28.8 Å². The van der Waals surface area contributed by atoms with Gasteiger partial charge in [0.25, 0.3) is 11.8 Å². The van der Waals surface area contributed by atoms with Crippen molar-refractivity contribution in [3.05, 3.63) is 64.8 Å². The van der Waals surface area contributed by atoms with Crippen molar-refractivity contribution in [3.63, 3.8) is 0 Å². The van der Waals surface area contributed by atoms with Gasteiger partial charge in [0, 0.05) is 38.6 Å². The minimum absolute atomic E-state index is 0.108. The van der Waals surface area contributed by atoms with E-state index >= 15 is 0 Å². The van der Waals surface area contributed by atoms with Crippen LogP contribution in [0.2, 0.25) is 5.02 Å². The van der Waals surface area contributed by atoms with Crippen molar-refractivity contribution in [2.75, 3.05) is 42.7 Å². The van der Waals surface area contributed by atoms with E-state index in [0.29, 0.717) is 46.7 Å². The van der Waals surface area contributed by atoms with E-state index in [1.807, 2.05) is 25.2 Å². The molecule has 0 radical (unpaired) electrons. The van der Waals surface area contributed by atoms with Gasteiger partial charge in [-0.15, -0.1) is 0 Å². The minimum atomic E-state index is -0.225. The second kappa shape index (κ2) is 9.11. The highest BCUT2D eigenvalue weighted by Gasteiger charge is 2.18. The number of fused-ring (bicyclic) bond motifs is 1. The molecule has 0 spiro atoms. The Balaban J connectivity index is 1.64. The lowest BCUT2D eigenvalue weighted by Crippen LogP contribution is -2.24. The zero-order chi connectivity index (χ0) is 22.7. The van der Waals surface area contributed by atoms with Crippen molar-refractivity contribution in [2.45, 2.75) is 0 Å². The lowest BCUT2D eigenvalue weighted by molar-refractivity contribution is 0.0952. The van der Waals surface area contributed by atoms with Crippen LogP contribution in [0.3, 0.4) is 0 Å². The van der Waals surface area contributed by atoms with E-state index in [1.54, 1.807) is 36.2 Å². The first kappa shape index (κ1) is 21.4. The quantitative estimate of drug-likeness (QED) is 0.471. The maximum Gasteiger partial charge on any atom is 0.253 e. The molecule has 0 saturated carbocycles. The number of hydrogen-bond donors (Lipinski definition) is 4. The average Bonchev–Trinajstić information content (AvgIpc) is 3.00. The third kappa shape index (κ3) is 4.28. The monoisotopic (exact) mass is 451 g/mol. The molecule has 10 heteroatoms. The Morgan fingerprint density at radius 3 is 2.75 bits per heavy atom. The number of nitrogens with zero attached hydrogens (tertiary/aromatic N) is 3. The molecular formula is C22H22ClN7O2. The van der Waals surface area contributed by atoms with Gasteiger partial charge in [-0.05, 0) is 30.3 Å². The molecule has 2 aromatic carbocycles. The molecule has 0 saturated heterocycles. The number of halogens is 1. The SMILES string of the molecule is CNC(=O)c1ccccc1Nc1nc(N(C)c2ccc3c(c2)NCCNC3=O)ncc1Cl. The molecule has 0 atom stereocenters. The van der Waals surface area contributed by atoms with Crippen LogP contribution < -0.4 is 26.2 Å². The number of anilines is 5. The van der Waals surface area contributed by atoms with Crippen molar-refractivity contribution in [3.8, 4) is 0 Å². The first-order valence-corrected chi connectivity index (χ1v) is 10.4. The van der Waals surface area contributed by atoms with E-state index in [4.69, 9.17) is 11.6 Å². The fourth-order valence-corrected chi connectivity index (χ4v) is 3.47. The lowest BCUT2D eigenvalue weighted by Gasteiger charge is -2.20. The summed E-state index contributed by atoms with van der Waals surface area (Å²) in [6.45, 7) is 1.20. The fourth-order valence-electron chi connectivity index (χ4n) is 3.33. The zero-order valence-electron chi connectivity index (χ0n) is 17.6. The molecular weight excluding hydrogens is 430 g/mol. The Morgan fingerprint density at radius 1 is 1.16 bits per heavy atom. The van der Waals surface area contributed by atoms with Crippen LogP contribution in [0.5, 0.6) is 0 Å². The number of carbonyl (C=O) groups excluding carboxylic acids is 2. The number of nitrogens with one attached hydrogen (secondary N) is 4. The molecule has 0 aliphatic carbocycles. The van der Waals surface area contributed by atoms with E-state index in [1.165, 1.54) is 6.20 Å². The summed E-state index contributed by atoms with van der Waals surface area (Å²) in [6, 6.07) is 12.6. The van der Waals surface area contributed by atoms with E-state index in [2.05, 4.69) is 31.2 Å². The average molecular weight is 452 g/mol. The number of para-hydroxylation sites is 1. The van der Waals surface area contributed by atoms with Gasteiger partial charge in [-0.3, -0.25) is 9.59 Å². The summed E-state index contributed by atoms with van der Waals surface area (Å²) >= 11 is 6.33. The molecule has 0 fully saturated rings. The zero-order valence-corrected chi connectivity index (χ0v) is 18.3. The predicted molar refractivity (Wildman–Crippen MR) is 125 cm³/mol. The highest BCUT2D eigenvalue weighted by atomic mass is 35.5.